The van der Waals surface area contributed by atoms with Gasteiger partial charge in [-0.25, -0.2) is 0 Å². The van der Waals surface area contributed by atoms with Crippen LogP contribution in [0.1, 0.15) is 15.4 Å². The Balaban J connectivity index is 1.43. The summed E-state index contributed by atoms with van der Waals surface area (Å²) in [4.78, 5) is 18.4. The molecule has 0 atom stereocenters. The highest BCUT2D eigenvalue weighted by atomic mass is 32.1. The van der Waals surface area contributed by atoms with E-state index >= 15 is 0 Å². The molecule has 0 saturated carbocycles. The molecule has 0 unspecified atom stereocenters. The van der Waals surface area contributed by atoms with Crippen LogP contribution in [-0.2, 0) is 6.54 Å². The van der Waals surface area contributed by atoms with Gasteiger partial charge in [0.05, 0.1) is 5.52 Å². The minimum atomic E-state index is 0.0261. The third-order valence-corrected chi connectivity index (χ3v) is 5.15. The summed E-state index contributed by atoms with van der Waals surface area (Å²) >= 11 is 1.79. The van der Waals surface area contributed by atoms with E-state index in [9.17, 15) is 4.79 Å². The number of H-pyrrole nitrogens is 1. The first-order valence-corrected chi connectivity index (χ1v) is 8.66. The third kappa shape index (κ3) is 2.87. The Hall–Kier alpha value is -2.18. The van der Waals surface area contributed by atoms with Crippen molar-refractivity contribution < 1.29 is 4.79 Å². The number of nitrogens with one attached hydrogen (secondary N) is 1. The Bertz CT molecular complexity index is 803. The van der Waals surface area contributed by atoms with Gasteiger partial charge in [0.2, 0.25) is 0 Å². The quantitative estimate of drug-likeness (QED) is 0.805. The Labute approximate surface area is 138 Å². The van der Waals surface area contributed by atoms with Crippen LogP contribution in [0.4, 0.5) is 0 Å². The van der Waals surface area contributed by atoms with E-state index < -0.39 is 0 Å². The van der Waals surface area contributed by atoms with Crippen LogP contribution in [0.2, 0.25) is 0 Å². The molecule has 1 saturated heterocycles. The summed E-state index contributed by atoms with van der Waals surface area (Å²) in [6, 6.07) is 12.0. The molecule has 3 aromatic rings. The number of aromatic amines is 1. The summed E-state index contributed by atoms with van der Waals surface area (Å²) in [7, 11) is 0. The Morgan fingerprint density at radius 2 is 1.96 bits per heavy atom. The van der Waals surface area contributed by atoms with Gasteiger partial charge in [0.25, 0.3) is 5.91 Å². The molecule has 6 heteroatoms. The standard InChI is InChI=1S/C17H18N4OS/c22-17(16-14-5-1-2-6-15(14)18-19-16)21-9-7-20(8-10-21)12-13-4-3-11-23-13/h1-6,11H,7-10,12H2,(H,18,19). The van der Waals surface area contributed by atoms with Crippen molar-refractivity contribution in [2.75, 3.05) is 26.2 Å². The summed E-state index contributed by atoms with van der Waals surface area (Å²) in [5.41, 5.74) is 1.44. The van der Waals surface area contributed by atoms with E-state index in [2.05, 4.69) is 32.6 Å². The van der Waals surface area contributed by atoms with Gasteiger partial charge in [-0.05, 0) is 17.5 Å². The Morgan fingerprint density at radius 1 is 1.13 bits per heavy atom. The van der Waals surface area contributed by atoms with Crippen LogP contribution in [0.25, 0.3) is 10.9 Å². The van der Waals surface area contributed by atoms with Gasteiger partial charge < -0.3 is 4.90 Å². The summed E-state index contributed by atoms with van der Waals surface area (Å²) in [5, 5.41) is 10.2. The number of amides is 1. The number of thiophene rings is 1. The second-order valence-corrected chi connectivity index (χ2v) is 6.80. The maximum Gasteiger partial charge on any atom is 0.275 e. The van der Waals surface area contributed by atoms with Crippen LogP contribution >= 0.6 is 11.3 Å². The van der Waals surface area contributed by atoms with E-state index in [1.165, 1.54) is 4.88 Å². The molecule has 1 amide bonds. The fourth-order valence-corrected chi connectivity index (χ4v) is 3.75. The molecule has 0 spiro atoms. The molecule has 0 bridgehead atoms. The van der Waals surface area contributed by atoms with Crippen LogP contribution in [-0.4, -0.2) is 52.1 Å². The van der Waals surface area contributed by atoms with Crippen molar-refractivity contribution in [3.05, 3.63) is 52.3 Å². The van der Waals surface area contributed by atoms with Crippen molar-refractivity contribution in [1.29, 1.82) is 0 Å². The topological polar surface area (TPSA) is 52.2 Å². The molecule has 3 heterocycles. The van der Waals surface area contributed by atoms with Gasteiger partial charge in [0.1, 0.15) is 0 Å². The first-order valence-electron chi connectivity index (χ1n) is 7.78. The van der Waals surface area contributed by atoms with E-state index in [4.69, 9.17) is 0 Å². The third-order valence-electron chi connectivity index (χ3n) is 4.29. The number of nitrogens with zero attached hydrogens (tertiary/aromatic N) is 3. The number of carbonyl (C=O) groups is 1. The molecule has 1 aliphatic rings. The largest absolute Gasteiger partial charge is 0.335 e. The number of aromatic nitrogens is 2. The predicted molar refractivity (Wildman–Crippen MR) is 91.6 cm³/mol. The summed E-state index contributed by atoms with van der Waals surface area (Å²) in [5.74, 6) is 0.0261. The van der Waals surface area contributed by atoms with Gasteiger partial charge in [-0.1, -0.05) is 24.3 Å². The molecule has 1 N–H and O–H groups in total. The summed E-state index contributed by atoms with van der Waals surface area (Å²) < 4.78 is 0. The maximum atomic E-state index is 12.7. The van der Waals surface area contributed by atoms with Crippen molar-refractivity contribution in [1.82, 2.24) is 20.0 Å². The number of carbonyl (C=O) groups excluding carboxylic acids is 1. The highest BCUT2D eigenvalue weighted by Crippen LogP contribution is 2.18. The first kappa shape index (κ1) is 14.4. The lowest BCUT2D eigenvalue weighted by molar-refractivity contribution is 0.0625. The smallest absolute Gasteiger partial charge is 0.275 e. The molecule has 5 nitrogen and oxygen atoms in total. The maximum absolute atomic E-state index is 12.7. The summed E-state index contributed by atoms with van der Waals surface area (Å²) in [6.45, 7) is 4.31. The lowest BCUT2D eigenvalue weighted by Crippen LogP contribution is -2.48. The molecular formula is C17H18N4OS. The molecule has 0 aliphatic carbocycles. The molecule has 1 aromatic carbocycles. The molecule has 2 aromatic heterocycles. The average Bonchev–Trinajstić information content (AvgIpc) is 3.24. The SMILES string of the molecule is O=C(c1n[nH]c2ccccc12)N1CCN(Cc2cccs2)CC1. The molecule has 0 radical (unpaired) electrons. The van der Waals surface area contributed by atoms with Gasteiger partial charge >= 0.3 is 0 Å². The number of piperazine rings is 1. The van der Waals surface area contributed by atoms with Crippen LogP contribution in [0.5, 0.6) is 0 Å². The van der Waals surface area contributed by atoms with E-state index in [0.29, 0.717) is 5.69 Å². The van der Waals surface area contributed by atoms with E-state index in [0.717, 1.165) is 43.6 Å². The van der Waals surface area contributed by atoms with Crippen LogP contribution in [0.3, 0.4) is 0 Å². The van der Waals surface area contributed by atoms with Crippen molar-refractivity contribution in [2.24, 2.45) is 0 Å². The van der Waals surface area contributed by atoms with E-state index in [1.54, 1.807) is 11.3 Å². The molecule has 118 valence electrons. The summed E-state index contributed by atoms with van der Waals surface area (Å²) in [6.07, 6.45) is 0. The minimum Gasteiger partial charge on any atom is -0.335 e. The van der Waals surface area contributed by atoms with Crippen LogP contribution in [0.15, 0.2) is 41.8 Å². The molecule has 1 fully saturated rings. The zero-order chi connectivity index (χ0) is 15.6. The number of hydrogen-bond donors (Lipinski definition) is 1. The normalized spacial score (nSPS) is 16.1. The van der Waals surface area contributed by atoms with Crippen molar-refractivity contribution >= 4 is 28.1 Å². The fourth-order valence-electron chi connectivity index (χ4n) is 3.01. The molecule has 23 heavy (non-hydrogen) atoms. The zero-order valence-electron chi connectivity index (χ0n) is 12.7. The second-order valence-electron chi connectivity index (χ2n) is 5.77. The first-order chi connectivity index (χ1) is 11.3. The lowest BCUT2D eigenvalue weighted by atomic mass is 10.2. The zero-order valence-corrected chi connectivity index (χ0v) is 13.6. The number of hydrogen-bond acceptors (Lipinski definition) is 4. The number of rotatable bonds is 3. The average molecular weight is 326 g/mol. The molecule has 4 rings (SSSR count). The van der Waals surface area contributed by atoms with Crippen molar-refractivity contribution in [3.8, 4) is 0 Å². The van der Waals surface area contributed by atoms with Crippen LogP contribution in [0, 0.1) is 0 Å². The van der Waals surface area contributed by atoms with Crippen molar-refractivity contribution in [2.45, 2.75) is 6.54 Å². The van der Waals surface area contributed by atoms with Crippen LogP contribution < -0.4 is 0 Å². The second kappa shape index (κ2) is 6.14. The van der Waals surface area contributed by atoms with Gasteiger partial charge in [-0.15, -0.1) is 11.3 Å². The fraction of sp³-hybridized carbons (Fsp3) is 0.294. The Morgan fingerprint density at radius 3 is 2.74 bits per heavy atom. The lowest BCUT2D eigenvalue weighted by Gasteiger charge is -2.34. The van der Waals surface area contributed by atoms with Gasteiger partial charge in [-0.2, -0.15) is 5.10 Å². The number of benzene rings is 1. The monoisotopic (exact) mass is 326 g/mol. The predicted octanol–water partition coefficient (Wildman–Crippen LogP) is 2.58. The van der Waals surface area contributed by atoms with Crippen molar-refractivity contribution in [3.63, 3.8) is 0 Å². The number of para-hydroxylation sites is 1. The van der Waals surface area contributed by atoms with Gasteiger partial charge in [0, 0.05) is 43.0 Å². The van der Waals surface area contributed by atoms with E-state index in [-0.39, 0.29) is 5.91 Å². The minimum absolute atomic E-state index is 0.0261. The van der Waals surface area contributed by atoms with Gasteiger partial charge in [0.15, 0.2) is 5.69 Å². The highest BCUT2D eigenvalue weighted by molar-refractivity contribution is 7.09. The number of fused-ring (bicyclic) bond motifs is 1. The molecule has 1 aliphatic heterocycles. The molecular weight excluding hydrogens is 308 g/mol. The Kier molecular flexibility index (Phi) is 3.85. The van der Waals surface area contributed by atoms with E-state index in [1.807, 2.05) is 29.2 Å². The highest BCUT2D eigenvalue weighted by Gasteiger charge is 2.25. The van der Waals surface area contributed by atoms with Gasteiger partial charge in [-0.3, -0.25) is 14.8 Å².